The van der Waals surface area contributed by atoms with Gasteiger partial charge in [0.1, 0.15) is 5.75 Å². The van der Waals surface area contributed by atoms with Gasteiger partial charge in [-0.25, -0.2) is 0 Å². The molecule has 3 amide bonds. The van der Waals surface area contributed by atoms with E-state index >= 15 is 0 Å². The number of amides is 3. The van der Waals surface area contributed by atoms with E-state index in [-0.39, 0.29) is 29.6 Å². The minimum atomic E-state index is -0.835. The standard InChI is InChI=1S/C35H46N4O5/c1-34-28(33(42)38-7-9-44-10-8-38)14-24(15-30(40)36-20-35-17-21-11-22(18-35)13-23(12-21)19-35)32(41)39(34)6-5-26-27-16-25(43-2)3-4-29(27)37-31(26)34/h3-4,16,21-24,28,37H,5-15,17-20H2,1-2H3,(H,36,40)/t21?,22?,23?,24?,28-,34+,35?/m1/s1. The average Bonchev–Trinajstić information content (AvgIpc) is 3.40. The van der Waals surface area contributed by atoms with Gasteiger partial charge in [-0.05, 0) is 105 Å². The van der Waals surface area contributed by atoms with Gasteiger partial charge in [-0.1, -0.05) is 0 Å². The Kier molecular flexibility index (Phi) is 6.78. The summed E-state index contributed by atoms with van der Waals surface area (Å²) >= 11 is 0. The molecule has 4 heterocycles. The van der Waals surface area contributed by atoms with Crippen molar-refractivity contribution in [2.75, 3.05) is 46.5 Å². The van der Waals surface area contributed by atoms with E-state index < -0.39 is 17.4 Å². The molecule has 44 heavy (non-hydrogen) atoms. The Morgan fingerprint density at radius 2 is 1.75 bits per heavy atom. The molecule has 4 bridgehead atoms. The van der Waals surface area contributed by atoms with Crippen LogP contribution in [0.4, 0.5) is 0 Å². The lowest BCUT2D eigenvalue weighted by atomic mass is 9.49. The van der Waals surface area contributed by atoms with Gasteiger partial charge < -0.3 is 29.6 Å². The molecule has 4 aliphatic carbocycles. The fraction of sp³-hybridized carbons (Fsp3) is 0.686. The lowest BCUT2D eigenvalue weighted by Crippen LogP contribution is -2.65. The molecule has 9 heteroatoms. The van der Waals surface area contributed by atoms with Crippen molar-refractivity contribution in [3.05, 3.63) is 29.5 Å². The number of carbonyl (C=O) groups excluding carboxylic acids is 3. The maximum absolute atomic E-state index is 14.4. The normalized spacial score (nSPS) is 35.9. The molecule has 1 unspecified atom stereocenters. The fourth-order valence-corrected chi connectivity index (χ4v) is 10.8. The second kappa shape index (κ2) is 10.5. The van der Waals surface area contributed by atoms with Crippen molar-refractivity contribution in [3.63, 3.8) is 0 Å². The summed E-state index contributed by atoms with van der Waals surface area (Å²) in [4.78, 5) is 49.6. The molecule has 9 nitrogen and oxygen atoms in total. The van der Waals surface area contributed by atoms with Gasteiger partial charge in [-0.3, -0.25) is 14.4 Å². The molecule has 2 N–H and O–H groups in total. The van der Waals surface area contributed by atoms with Crippen LogP contribution in [0.2, 0.25) is 0 Å². The first-order valence-electron chi connectivity index (χ1n) is 16.9. The first kappa shape index (κ1) is 28.4. The van der Waals surface area contributed by atoms with Crippen molar-refractivity contribution in [2.24, 2.45) is 35.0 Å². The summed E-state index contributed by atoms with van der Waals surface area (Å²) in [7, 11) is 1.67. The second-order valence-electron chi connectivity index (χ2n) is 15.1. The topological polar surface area (TPSA) is 104 Å². The van der Waals surface area contributed by atoms with Gasteiger partial charge in [0, 0.05) is 55.1 Å². The van der Waals surface area contributed by atoms with Gasteiger partial charge in [0.15, 0.2) is 0 Å². The molecule has 9 rings (SSSR count). The van der Waals surface area contributed by atoms with E-state index in [2.05, 4.69) is 17.2 Å². The van der Waals surface area contributed by atoms with Gasteiger partial charge >= 0.3 is 0 Å². The van der Waals surface area contributed by atoms with Gasteiger partial charge in [0.05, 0.1) is 31.8 Å². The molecule has 0 spiro atoms. The van der Waals surface area contributed by atoms with Crippen LogP contribution in [0, 0.1) is 35.0 Å². The number of fused-ring (bicyclic) bond motifs is 5. The number of benzene rings is 1. The number of hydrogen-bond donors (Lipinski definition) is 2. The lowest BCUT2D eigenvalue weighted by molar-refractivity contribution is -0.166. The van der Waals surface area contributed by atoms with E-state index in [0.717, 1.165) is 52.2 Å². The number of nitrogens with zero attached hydrogens (tertiary/aromatic N) is 2. The first-order valence-corrected chi connectivity index (χ1v) is 16.9. The van der Waals surface area contributed by atoms with Crippen molar-refractivity contribution in [1.29, 1.82) is 0 Å². The summed E-state index contributed by atoms with van der Waals surface area (Å²) < 4.78 is 11.1. The molecule has 2 saturated heterocycles. The number of carbonyl (C=O) groups is 3. The Balaban J connectivity index is 1.07. The van der Waals surface area contributed by atoms with Crippen molar-refractivity contribution in [3.8, 4) is 5.75 Å². The van der Waals surface area contributed by atoms with Gasteiger partial charge in [-0.2, -0.15) is 0 Å². The predicted molar refractivity (Wildman–Crippen MR) is 165 cm³/mol. The minimum Gasteiger partial charge on any atom is -0.497 e. The summed E-state index contributed by atoms with van der Waals surface area (Å²) in [6.07, 6.45) is 9.04. The zero-order valence-electron chi connectivity index (χ0n) is 26.2. The highest BCUT2D eigenvalue weighted by Gasteiger charge is 2.57. The van der Waals surface area contributed by atoms with E-state index in [0.29, 0.717) is 45.7 Å². The van der Waals surface area contributed by atoms with Crippen LogP contribution >= 0.6 is 0 Å². The SMILES string of the molecule is COc1ccc2[nH]c3c(c2c1)CCN1C(=O)C(CC(=O)NCC24CC5CC(CC(C5)C2)C4)C[C@H](C(=O)N2CCOCC2)[C@@]31C. The minimum absolute atomic E-state index is 0.00892. The zero-order valence-corrected chi connectivity index (χ0v) is 26.2. The summed E-state index contributed by atoms with van der Waals surface area (Å²) in [6.45, 7) is 5.44. The smallest absolute Gasteiger partial charge is 0.228 e. The monoisotopic (exact) mass is 602 g/mol. The lowest BCUT2D eigenvalue weighted by Gasteiger charge is -2.57. The van der Waals surface area contributed by atoms with Crippen LogP contribution in [0.5, 0.6) is 5.75 Å². The third-order valence-electron chi connectivity index (χ3n) is 12.5. The van der Waals surface area contributed by atoms with Crippen LogP contribution < -0.4 is 10.1 Å². The van der Waals surface area contributed by atoms with Crippen molar-refractivity contribution >= 4 is 28.6 Å². The molecule has 3 aliphatic heterocycles. The van der Waals surface area contributed by atoms with Crippen LogP contribution in [0.1, 0.15) is 69.5 Å². The van der Waals surface area contributed by atoms with Gasteiger partial charge in [0.2, 0.25) is 17.7 Å². The van der Waals surface area contributed by atoms with Gasteiger partial charge in [-0.15, -0.1) is 0 Å². The molecule has 7 aliphatic rings. The van der Waals surface area contributed by atoms with Crippen LogP contribution in [0.3, 0.4) is 0 Å². The number of rotatable bonds is 6. The Hall–Kier alpha value is -3.07. The van der Waals surface area contributed by atoms with Crippen molar-refractivity contribution < 1.29 is 23.9 Å². The number of methoxy groups -OCH3 is 1. The predicted octanol–water partition coefficient (Wildman–Crippen LogP) is 3.99. The summed E-state index contributed by atoms with van der Waals surface area (Å²) in [5, 5.41) is 4.38. The molecule has 236 valence electrons. The molecule has 0 radical (unpaired) electrons. The number of ether oxygens (including phenoxy) is 2. The van der Waals surface area contributed by atoms with Crippen LogP contribution in [0.25, 0.3) is 10.9 Å². The number of piperidine rings is 1. The summed E-state index contributed by atoms with van der Waals surface area (Å²) in [5.74, 6) is 2.30. The first-order chi connectivity index (χ1) is 21.3. The highest BCUT2D eigenvalue weighted by atomic mass is 16.5. The van der Waals surface area contributed by atoms with Crippen molar-refractivity contribution in [2.45, 2.75) is 70.3 Å². The van der Waals surface area contributed by atoms with E-state index in [1.165, 1.54) is 38.5 Å². The number of aromatic nitrogens is 1. The molecule has 4 saturated carbocycles. The molecule has 2 aromatic rings. The number of nitrogens with one attached hydrogen (secondary N) is 2. The highest BCUT2D eigenvalue weighted by molar-refractivity contribution is 5.93. The Labute approximate surface area is 259 Å². The molecular formula is C35H46N4O5. The Morgan fingerprint density at radius 1 is 1.05 bits per heavy atom. The third kappa shape index (κ3) is 4.47. The number of aromatic amines is 1. The number of H-pyrrole nitrogens is 1. The average molecular weight is 603 g/mol. The zero-order chi connectivity index (χ0) is 30.2. The highest BCUT2D eigenvalue weighted by Crippen LogP contribution is 2.59. The maximum atomic E-state index is 14.4. The van der Waals surface area contributed by atoms with E-state index in [9.17, 15) is 14.4 Å². The van der Waals surface area contributed by atoms with E-state index in [4.69, 9.17) is 9.47 Å². The maximum Gasteiger partial charge on any atom is 0.228 e. The molecular weight excluding hydrogens is 556 g/mol. The summed E-state index contributed by atoms with van der Waals surface area (Å²) in [6, 6.07) is 6.00. The van der Waals surface area contributed by atoms with Crippen molar-refractivity contribution in [1.82, 2.24) is 20.1 Å². The largest absolute Gasteiger partial charge is 0.497 e. The fourth-order valence-electron chi connectivity index (χ4n) is 10.8. The molecule has 3 atom stereocenters. The van der Waals surface area contributed by atoms with Crippen LogP contribution in [-0.4, -0.2) is 79.0 Å². The van der Waals surface area contributed by atoms with E-state index in [1.54, 1.807) is 7.11 Å². The Morgan fingerprint density at radius 3 is 2.43 bits per heavy atom. The van der Waals surface area contributed by atoms with Gasteiger partial charge in [0.25, 0.3) is 0 Å². The number of morpholine rings is 1. The quantitative estimate of drug-likeness (QED) is 0.521. The second-order valence-corrected chi connectivity index (χ2v) is 15.1. The third-order valence-corrected chi connectivity index (χ3v) is 12.5. The molecule has 1 aromatic heterocycles. The Bertz CT molecular complexity index is 1460. The summed E-state index contributed by atoms with van der Waals surface area (Å²) in [5.41, 5.74) is 2.48. The van der Waals surface area contributed by atoms with E-state index in [1.807, 2.05) is 28.0 Å². The number of hydrogen-bond acceptors (Lipinski definition) is 5. The van der Waals surface area contributed by atoms with Crippen LogP contribution in [-0.2, 0) is 31.1 Å². The molecule has 1 aromatic carbocycles. The molecule has 6 fully saturated rings. The van der Waals surface area contributed by atoms with Crippen LogP contribution in [0.15, 0.2) is 18.2 Å².